The summed E-state index contributed by atoms with van der Waals surface area (Å²) in [7, 11) is 0. The van der Waals surface area contributed by atoms with Gasteiger partial charge in [0.25, 0.3) is 0 Å². The zero-order valence-corrected chi connectivity index (χ0v) is 14.7. The van der Waals surface area contributed by atoms with Crippen molar-refractivity contribution >= 4 is 44.4 Å². The van der Waals surface area contributed by atoms with E-state index in [4.69, 9.17) is 4.74 Å². The predicted molar refractivity (Wildman–Crippen MR) is 93.5 cm³/mol. The van der Waals surface area contributed by atoms with E-state index in [0.717, 1.165) is 18.1 Å². The molecule has 1 aliphatic heterocycles. The molecule has 2 aromatic rings. The highest BCUT2D eigenvalue weighted by Gasteiger charge is 2.28. The number of carbonyl (C=O) groups excluding carboxylic acids is 1. The van der Waals surface area contributed by atoms with Gasteiger partial charge in [0.1, 0.15) is 5.75 Å². The summed E-state index contributed by atoms with van der Waals surface area (Å²) in [5.41, 5.74) is 0.603. The Hall–Kier alpha value is -1.52. The maximum Gasteiger partial charge on any atom is 0.422 e. The quantitative estimate of drug-likeness (QED) is 0.819. The van der Waals surface area contributed by atoms with Crippen LogP contribution in [0, 0.1) is 0 Å². The van der Waals surface area contributed by atoms with E-state index >= 15 is 0 Å². The molecule has 1 atom stereocenters. The number of nitrogens with one attached hydrogen (secondary N) is 2. The average molecular weight is 391 g/mol. The molecule has 0 saturated carbocycles. The number of aromatic nitrogens is 1. The van der Waals surface area contributed by atoms with Crippen molar-refractivity contribution in [3.63, 3.8) is 0 Å². The van der Waals surface area contributed by atoms with Crippen LogP contribution in [-0.2, 0) is 4.79 Å². The number of hydrogen-bond donors (Lipinski definition) is 2. The maximum absolute atomic E-state index is 12.2. The van der Waals surface area contributed by atoms with Gasteiger partial charge in [-0.2, -0.15) is 24.9 Å². The highest BCUT2D eigenvalue weighted by molar-refractivity contribution is 7.99. The number of halogens is 3. The van der Waals surface area contributed by atoms with Crippen LogP contribution < -0.4 is 15.4 Å². The van der Waals surface area contributed by atoms with Crippen LogP contribution in [0.3, 0.4) is 0 Å². The fraction of sp³-hybridized carbons (Fsp3) is 0.467. The van der Waals surface area contributed by atoms with E-state index in [2.05, 4.69) is 15.6 Å². The van der Waals surface area contributed by atoms with E-state index < -0.39 is 12.8 Å². The topological polar surface area (TPSA) is 63.2 Å². The van der Waals surface area contributed by atoms with E-state index in [1.54, 1.807) is 6.07 Å². The molecule has 5 nitrogen and oxygen atoms in total. The third-order valence-electron chi connectivity index (χ3n) is 3.44. The Balaban J connectivity index is 1.61. The molecular weight excluding hydrogens is 375 g/mol. The number of ether oxygens (including phenoxy) is 1. The lowest BCUT2D eigenvalue weighted by molar-refractivity contribution is -0.153. The molecule has 1 unspecified atom stereocenters. The monoisotopic (exact) mass is 391 g/mol. The molecular formula is C15H16F3N3O2S2. The van der Waals surface area contributed by atoms with Gasteiger partial charge in [-0.1, -0.05) is 11.3 Å². The lowest BCUT2D eigenvalue weighted by Gasteiger charge is -2.22. The molecule has 136 valence electrons. The van der Waals surface area contributed by atoms with Crippen LogP contribution in [-0.4, -0.2) is 47.8 Å². The molecule has 1 amide bonds. The highest BCUT2D eigenvalue weighted by Crippen LogP contribution is 2.30. The first-order chi connectivity index (χ1) is 11.9. The lowest BCUT2D eigenvalue weighted by atomic mass is 10.2. The molecule has 10 heteroatoms. The zero-order chi connectivity index (χ0) is 17.9. The highest BCUT2D eigenvalue weighted by atomic mass is 32.2. The summed E-state index contributed by atoms with van der Waals surface area (Å²) in [5.74, 6) is 1.93. The molecule has 0 radical (unpaired) electrons. The average Bonchev–Trinajstić information content (AvgIpc) is 2.94. The van der Waals surface area contributed by atoms with Crippen molar-refractivity contribution in [3.8, 4) is 5.75 Å². The van der Waals surface area contributed by atoms with E-state index in [9.17, 15) is 18.0 Å². The first-order valence-corrected chi connectivity index (χ1v) is 9.57. The molecule has 0 aliphatic carbocycles. The molecule has 1 aliphatic rings. The third-order valence-corrected chi connectivity index (χ3v) is 5.50. The van der Waals surface area contributed by atoms with Crippen molar-refractivity contribution in [3.05, 3.63) is 18.2 Å². The van der Waals surface area contributed by atoms with Gasteiger partial charge in [0.2, 0.25) is 5.91 Å². The first-order valence-electron chi connectivity index (χ1n) is 7.60. The molecule has 2 N–H and O–H groups in total. The van der Waals surface area contributed by atoms with Gasteiger partial charge in [0.15, 0.2) is 11.7 Å². The van der Waals surface area contributed by atoms with Gasteiger partial charge >= 0.3 is 6.18 Å². The largest absolute Gasteiger partial charge is 0.484 e. The van der Waals surface area contributed by atoms with E-state index in [0.29, 0.717) is 21.8 Å². The van der Waals surface area contributed by atoms with Crippen LogP contribution in [0.5, 0.6) is 5.75 Å². The number of thioether (sulfide) groups is 1. The van der Waals surface area contributed by atoms with Crippen molar-refractivity contribution in [2.45, 2.75) is 18.6 Å². The van der Waals surface area contributed by atoms with E-state index in [1.807, 2.05) is 11.8 Å². The van der Waals surface area contributed by atoms with Crippen molar-refractivity contribution in [1.82, 2.24) is 10.3 Å². The Morgan fingerprint density at radius 3 is 3.00 bits per heavy atom. The number of carbonyl (C=O) groups is 1. The number of rotatable bonds is 5. The van der Waals surface area contributed by atoms with Gasteiger partial charge in [-0.25, -0.2) is 4.98 Å². The summed E-state index contributed by atoms with van der Waals surface area (Å²) in [5, 5.41) is 6.47. The van der Waals surface area contributed by atoms with Crippen LogP contribution in [0.2, 0.25) is 0 Å². The molecule has 1 saturated heterocycles. The van der Waals surface area contributed by atoms with E-state index in [1.165, 1.54) is 23.5 Å². The smallest absolute Gasteiger partial charge is 0.422 e. The van der Waals surface area contributed by atoms with Crippen molar-refractivity contribution < 1.29 is 22.7 Å². The Labute approximate surface area is 150 Å². The maximum atomic E-state index is 12.2. The van der Waals surface area contributed by atoms with Gasteiger partial charge in [0, 0.05) is 30.5 Å². The van der Waals surface area contributed by atoms with Crippen LogP contribution in [0.25, 0.3) is 10.2 Å². The molecule has 3 rings (SSSR count). The number of thiazole rings is 1. The normalized spacial score (nSPS) is 18.3. The van der Waals surface area contributed by atoms with E-state index in [-0.39, 0.29) is 17.7 Å². The fourth-order valence-electron chi connectivity index (χ4n) is 2.36. The number of fused-ring (bicyclic) bond motifs is 1. The summed E-state index contributed by atoms with van der Waals surface area (Å²) in [6.07, 6.45) is -4.02. The molecule has 1 fully saturated rings. The molecule has 1 aromatic carbocycles. The second-order valence-corrected chi connectivity index (χ2v) is 7.71. The summed E-state index contributed by atoms with van der Waals surface area (Å²) in [6.45, 7) is -0.447. The van der Waals surface area contributed by atoms with Crippen LogP contribution in [0.4, 0.5) is 18.3 Å². The number of benzene rings is 1. The molecule has 25 heavy (non-hydrogen) atoms. The number of nitrogens with zero attached hydrogens (tertiary/aromatic N) is 1. The standard InChI is InChI=1S/C15H16F3N3O2S2/c16-15(17,18)8-23-10-1-2-11-12(6-10)25-14(20-11)21-13(22)5-9-7-24-4-3-19-9/h1-2,6,9,19H,3-5,7-8H2,(H,20,21,22). The Morgan fingerprint density at radius 1 is 1.44 bits per heavy atom. The SMILES string of the molecule is O=C(CC1CSCCN1)Nc1nc2ccc(OCC(F)(F)F)cc2s1. The minimum atomic E-state index is -4.38. The van der Waals surface area contributed by atoms with Gasteiger partial charge in [0.05, 0.1) is 10.2 Å². The molecule has 0 bridgehead atoms. The second-order valence-electron chi connectivity index (χ2n) is 5.53. The van der Waals surface area contributed by atoms with Gasteiger partial charge in [-0.15, -0.1) is 0 Å². The molecule has 2 heterocycles. The fourth-order valence-corrected chi connectivity index (χ4v) is 4.22. The van der Waals surface area contributed by atoms with Gasteiger partial charge < -0.3 is 15.4 Å². The minimum Gasteiger partial charge on any atom is -0.484 e. The number of alkyl halides is 3. The van der Waals surface area contributed by atoms with Gasteiger partial charge in [-0.3, -0.25) is 4.79 Å². The van der Waals surface area contributed by atoms with Crippen LogP contribution in [0.1, 0.15) is 6.42 Å². The van der Waals surface area contributed by atoms with Crippen molar-refractivity contribution in [2.24, 2.45) is 0 Å². The van der Waals surface area contributed by atoms with Crippen LogP contribution in [0.15, 0.2) is 18.2 Å². The first kappa shape index (κ1) is 18.3. The Kier molecular flexibility index (Phi) is 5.70. The number of amides is 1. The summed E-state index contributed by atoms with van der Waals surface area (Å²) in [4.78, 5) is 16.4. The molecule has 1 aromatic heterocycles. The van der Waals surface area contributed by atoms with Crippen molar-refractivity contribution in [2.75, 3.05) is 30.0 Å². The van der Waals surface area contributed by atoms with Gasteiger partial charge in [-0.05, 0) is 18.2 Å². The predicted octanol–water partition coefficient (Wildman–Crippen LogP) is 3.27. The summed E-state index contributed by atoms with van der Waals surface area (Å²) >= 11 is 3.02. The zero-order valence-electron chi connectivity index (χ0n) is 13.1. The number of hydrogen-bond acceptors (Lipinski definition) is 6. The summed E-state index contributed by atoms with van der Waals surface area (Å²) in [6, 6.07) is 4.65. The van der Waals surface area contributed by atoms with Crippen LogP contribution >= 0.6 is 23.1 Å². The molecule has 0 spiro atoms. The third kappa shape index (κ3) is 5.48. The Bertz CT molecular complexity index is 745. The minimum absolute atomic E-state index is 0.120. The summed E-state index contributed by atoms with van der Waals surface area (Å²) < 4.78 is 42.0. The second kappa shape index (κ2) is 7.79. The van der Waals surface area contributed by atoms with Crippen molar-refractivity contribution in [1.29, 1.82) is 0 Å². The Morgan fingerprint density at radius 2 is 2.28 bits per heavy atom. The lowest BCUT2D eigenvalue weighted by Crippen LogP contribution is -2.39. The number of anilines is 1.